The lowest BCUT2D eigenvalue weighted by atomic mass is 10.0. The van der Waals surface area contributed by atoms with E-state index in [-0.39, 0.29) is 12.3 Å². The monoisotopic (exact) mass is 277 g/mol. The van der Waals surface area contributed by atoms with E-state index in [1.807, 2.05) is 0 Å². The molecule has 0 atom stereocenters. The summed E-state index contributed by atoms with van der Waals surface area (Å²) in [4.78, 5) is 15.3. The lowest BCUT2D eigenvalue weighted by Crippen LogP contribution is -2.03. The molecule has 0 saturated heterocycles. The van der Waals surface area contributed by atoms with E-state index in [1.165, 1.54) is 7.11 Å². The Morgan fingerprint density at radius 2 is 2.16 bits per heavy atom. The molecule has 0 fully saturated rings. The van der Waals surface area contributed by atoms with E-state index in [9.17, 15) is 4.79 Å². The minimum atomic E-state index is -0.484. The number of esters is 1. The van der Waals surface area contributed by atoms with E-state index in [1.54, 1.807) is 36.5 Å². The predicted molar refractivity (Wildman–Crippen MR) is 71.9 cm³/mol. The maximum absolute atomic E-state index is 11.3. The van der Waals surface area contributed by atoms with Crippen molar-refractivity contribution in [2.75, 3.05) is 7.11 Å². The second kappa shape index (κ2) is 5.82. The molecule has 1 heterocycles. The summed E-state index contributed by atoms with van der Waals surface area (Å²) in [5, 5.41) is 9.69. The fourth-order valence-corrected chi connectivity index (χ4v) is 1.90. The molecule has 4 nitrogen and oxygen atoms in total. The highest BCUT2D eigenvalue weighted by Crippen LogP contribution is 2.28. The van der Waals surface area contributed by atoms with Crippen molar-refractivity contribution in [1.82, 2.24) is 4.98 Å². The van der Waals surface area contributed by atoms with Crippen molar-refractivity contribution in [3.63, 3.8) is 0 Å². The quantitative estimate of drug-likeness (QED) is 0.876. The summed E-state index contributed by atoms with van der Waals surface area (Å²) in [6.07, 6.45) is 1.55. The number of carbonyl (C=O) groups excluding carboxylic acids is 1. The van der Waals surface area contributed by atoms with Crippen LogP contribution < -0.4 is 0 Å². The Kier molecular flexibility index (Phi) is 4.14. The number of hydrogen-bond acceptors (Lipinski definition) is 4. The van der Waals surface area contributed by atoms with E-state index in [0.29, 0.717) is 5.02 Å². The Balaban J connectivity index is 2.39. The molecule has 98 valence electrons. The molecule has 0 aliphatic heterocycles. The maximum Gasteiger partial charge on any atom is 0.356 e. The number of carbonyl (C=O) groups is 1. The predicted octanol–water partition coefficient (Wildman–Crippen LogP) is 2.68. The van der Waals surface area contributed by atoms with Gasteiger partial charge in [-0.15, -0.1) is 0 Å². The van der Waals surface area contributed by atoms with Crippen molar-refractivity contribution in [2.24, 2.45) is 0 Å². The summed E-state index contributed by atoms with van der Waals surface area (Å²) < 4.78 is 4.58. The molecule has 0 amide bonds. The first-order valence-corrected chi connectivity index (χ1v) is 5.97. The van der Waals surface area contributed by atoms with Crippen LogP contribution in [0, 0.1) is 0 Å². The second-order valence-electron chi connectivity index (χ2n) is 3.90. The Bertz CT molecular complexity index is 596. The molecule has 0 saturated carbocycles. The van der Waals surface area contributed by atoms with E-state index >= 15 is 0 Å². The first kappa shape index (κ1) is 13.5. The fraction of sp³-hybridized carbons (Fsp3) is 0.143. The second-order valence-corrected chi connectivity index (χ2v) is 4.30. The average Bonchev–Trinajstić information content (AvgIpc) is 2.47. The molecule has 1 aromatic carbocycles. The molecular weight excluding hydrogens is 266 g/mol. The smallest absolute Gasteiger partial charge is 0.356 e. The molecule has 0 unspecified atom stereocenters. The molecule has 0 aliphatic carbocycles. The van der Waals surface area contributed by atoms with Gasteiger partial charge >= 0.3 is 5.97 Å². The summed E-state index contributed by atoms with van der Waals surface area (Å²) in [7, 11) is 1.31. The topological polar surface area (TPSA) is 59.4 Å². The summed E-state index contributed by atoms with van der Waals surface area (Å²) in [6.45, 7) is -0.0577. The molecule has 1 aromatic heterocycles. The van der Waals surface area contributed by atoms with Gasteiger partial charge in [0.25, 0.3) is 0 Å². The maximum atomic E-state index is 11.3. The summed E-state index contributed by atoms with van der Waals surface area (Å²) in [5.41, 5.74) is 2.53. The van der Waals surface area contributed by atoms with E-state index in [4.69, 9.17) is 16.7 Å². The first-order chi connectivity index (χ1) is 9.15. The van der Waals surface area contributed by atoms with Gasteiger partial charge in [0.05, 0.1) is 13.7 Å². The van der Waals surface area contributed by atoms with Crippen molar-refractivity contribution in [1.29, 1.82) is 0 Å². The van der Waals surface area contributed by atoms with Crippen molar-refractivity contribution in [2.45, 2.75) is 6.61 Å². The van der Waals surface area contributed by atoms with Crippen LogP contribution in [-0.2, 0) is 11.3 Å². The summed E-state index contributed by atoms with van der Waals surface area (Å²) >= 11 is 6.12. The summed E-state index contributed by atoms with van der Waals surface area (Å²) in [5.74, 6) is -0.484. The van der Waals surface area contributed by atoms with Crippen LogP contribution in [0.1, 0.15) is 16.1 Å². The Labute approximate surface area is 115 Å². The van der Waals surface area contributed by atoms with Crippen molar-refractivity contribution in [3.8, 4) is 11.1 Å². The molecule has 0 radical (unpaired) electrons. The number of aliphatic hydroxyl groups is 1. The van der Waals surface area contributed by atoms with Gasteiger partial charge in [0.2, 0.25) is 0 Å². The van der Waals surface area contributed by atoms with E-state index in [0.717, 1.165) is 16.7 Å². The van der Waals surface area contributed by atoms with Gasteiger partial charge in [0.1, 0.15) is 5.69 Å². The molecule has 2 aromatic rings. The zero-order chi connectivity index (χ0) is 13.8. The van der Waals surface area contributed by atoms with Crippen molar-refractivity contribution in [3.05, 3.63) is 52.8 Å². The highest BCUT2D eigenvalue weighted by molar-refractivity contribution is 6.33. The number of hydrogen-bond donors (Lipinski definition) is 1. The number of rotatable bonds is 3. The lowest BCUT2D eigenvalue weighted by molar-refractivity contribution is 0.0594. The van der Waals surface area contributed by atoms with Crippen LogP contribution in [0.3, 0.4) is 0 Å². The normalized spacial score (nSPS) is 10.3. The van der Waals surface area contributed by atoms with Crippen LogP contribution in [0.5, 0.6) is 0 Å². The van der Waals surface area contributed by atoms with Crippen LogP contribution in [0.4, 0.5) is 0 Å². The number of ether oxygens (including phenoxy) is 1. The van der Waals surface area contributed by atoms with Crippen LogP contribution in [0.15, 0.2) is 36.5 Å². The third-order valence-electron chi connectivity index (χ3n) is 2.68. The lowest BCUT2D eigenvalue weighted by Gasteiger charge is -2.07. The van der Waals surface area contributed by atoms with Crippen LogP contribution in [-0.4, -0.2) is 23.2 Å². The molecule has 0 bridgehead atoms. The number of pyridine rings is 1. The largest absolute Gasteiger partial charge is 0.464 e. The molecular formula is C14H12ClNO3. The van der Waals surface area contributed by atoms with Gasteiger partial charge in [0.15, 0.2) is 0 Å². The Morgan fingerprint density at radius 3 is 2.74 bits per heavy atom. The third-order valence-corrected chi connectivity index (χ3v) is 3.01. The highest BCUT2D eigenvalue weighted by atomic mass is 35.5. The fourth-order valence-electron chi connectivity index (χ4n) is 1.67. The van der Waals surface area contributed by atoms with Crippen molar-refractivity contribution >= 4 is 17.6 Å². The van der Waals surface area contributed by atoms with Gasteiger partial charge in [-0.1, -0.05) is 23.7 Å². The molecule has 0 spiro atoms. The minimum absolute atomic E-state index is 0.0577. The zero-order valence-electron chi connectivity index (χ0n) is 10.3. The SMILES string of the molecule is COC(=O)c1ccc(-c2cc(CO)ccc2Cl)cn1. The molecule has 0 aliphatic rings. The van der Waals surface area contributed by atoms with Gasteiger partial charge in [-0.25, -0.2) is 9.78 Å². The molecule has 19 heavy (non-hydrogen) atoms. The van der Waals surface area contributed by atoms with E-state index < -0.39 is 5.97 Å². The number of nitrogens with zero attached hydrogens (tertiary/aromatic N) is 1. The van der Waals surface area contributed by atoms with Crippen LogP contribution in [0.2, 0.25) is 5.02 Å². The zero-order valence-corrected chi connectivity index (χ0v) is 11.0. The number of benzene rings is 1. The molecule has 2 rings (SSSR count). The van der Waals surface area contributed by atoms with Gasteiger partial charge in [-0.05, 0) is 23.8 Å². The van der Waals surface area contributed by atoms with Crippen LogP contribution in [0.25, 0.3) is 11.1 Å². The van der Waals surface area contributed by atoms with E-state index in [2.05, 4.69) is 9.72 Å². The minimum Gasteiger partial charge on any atom is -0.464 e. The average molecular weight is 278 g/mol. The number of aromatic nitrogens is 1. The number of methoxy groups -OCH3 is 1. The molecule has 5 heteroatoms. The highest BCUT2D eigenvalue weighted by Gasteiger charge is 2.09. The number of halogens is 1. The number of aliphatic hydroxyl groups excluding tert-OH is 1. The van der Waals surface area contributed by atoms with Gasteiger partial charge in [-0.2, -0.15) is 0 Å². The Hall–Kier alpha value is -1.91. The van der Waals surface area contributed by atoms with Gasteiger partial charge in [0, 0.05) is 22.3 Å². The standard InChI is InChI=1S/C14H12ClNO3/c1-19-14(18)13-5-3-10(7-16-13)11-6-9(8-17)2-4-12(11)15/h2-7,17H,8H2,1H3. The third kappa shape index (κ3) is 2.92. The summed E-state index contributed by atoms with van der Waals surface area (Å²) in [6, 6.07) is 8.57. The molecule has 1 N–H and O–H groups in total. The Morgan fingerprint density at radius 1 is 1.37 bits per heavy atom. The van der Waals surface area contributed by atoms with Gasteiger partial charge in [-0.3, -0.25) is 0 Å². The van der Waals surface area contributed by atoms with Crippen LogP contribution >= 0.6 is 11.6 Å². The van der Waals surface area contributed by atoms with Crippen molar-refractivity contribution < 1.29 is 14.6 Å². The van der Waals surface area contributed by atoms with Gasteiger partial charge < -0.3 is 9.84 Å². The first-order valence-electron chi connectivity index (χ1n) is 5.59.